The van der Waals surface area contributed by atoms with Gasteiger partial charge in [-0.3, -0.25) is 9.59 Å². The van der Waals surface area contributed by atoms with Gasteiger partial charge in [-0.2, -0.15) is 13.2 Å². The smallest absolute Gasteiger partial charge is 0.449 e. The van der Waals surface area contributed by atoms with Crippen LogP contribution >= 0.6 is 46.4 Å². The molecule has 4 aliphatic rings. The third-order valence-corrected chi connectivity index (χ3v) is 13.3. The Bertz CT molecular complexity index is 3600. The summed E-state index contributed by atoms with van der Waals surface area (Å²) < 4.78 is 55.9. The van der Waals surface area contributed by atoms with Crippen LogP contribution in [0, 0.1) is 4.91 Å². The molecule has 0 amide bonds. The molecule has 378 valence electrons. The van der Waals surface area contributed by atoms with Crippen molar-refractivity contribution in [3.05, 3.63) is 190 Å². The number of aromatic hydroxyl groups is 1. The maximum Gasteiger partial charge on any atom is 0.449 e. The zero-order chi connectivity index (χ0) is 53.4. The lowest BCUT2D eigenvalue weighted by Gasteiger charge is -2.37. The first-order chi connectivity index (χ1) is 35.2. The van der Waals surface area contributed by atoms with E-state index in [1.165, 1.54) is 35.7 Å². The molecule has 6 aromatic rings. The second-order valence-electron chi connectivity index (χ2n) is 16.3. The van der Waals surface area contributed by atoms with Crippen molar-refractivity contribution >= 4 is 92.2 Å². The minimum absolute atomic E-state index is 0.0223. The summed E-state index contributed by atoms with van der Waals surface area (Å²) in [7, 11) is 3.48. The van der Waals surface area contributed by atoms with Crippen molar-refractivity contribution in [3.8, 4) is 39.7 Å². The van der Waals surface area contributed by atoms with Crippen molar-refractivity contribution in [1.29, 1.82) is 0 Å². The molecule has 10 rings (SSSR count). The minimum atomic E-state index is -4.85. The second-order valence-corrected chi connectivity index (χ2v) is 17.9. The van der Waals surface area contributed by atoms with Crippen LogP contribution in [-0.4, -0.2) is 48.2 Å². The molecular formula is C52H33Cl4F3N3O12-. The number of ketones is 1. The number of rotatable bonds is 9. The predicted octanol–water partition coefficient (Wildman–Crippen LogP) is 12.7. The highest BCUT2D eigenvalue weighted by Gasteiger charge is 2.54. The predicted molar refractivity (Wildman–Crippen MR) is 268 cm³/mol. The molecule has 0 bridgehead atoms. The summed E-state index contributed by atoms with van der Waals surface area (Å²) in [6.07, 6.45) is -5.53. The van der Waals surface area contributed by atoms with Crippen LogP contribution in [0.5, 0.6) is 17.2 Å². The summed E-state index contributed by atoms with van der Waals surface area (Å²) >= 11 is 25.6. The number of carbonyl (C=O) groups is 3. The molecule has 0 saturated carbocycles. The van der Waals surface area contributed by atoms with E-state index in [0.717, 1.165) is 0 Å². The number of nitrogens with zero attached hydrogens (tertiary/aromatic N) is 2. The van der Waals surface area contributed by atoms with Crippen LogP contribution in [-0.2, 0) is 26.5 Å². The van der Waals surface area contributed by atoms with Crippen molar-refractivity contribution in [1.82, 2.24) is 0 Å². The van der Waals surface area contributed by atoms with E-state index in [4.69, 9.17) is 70.5 Å². The monoisotopic (exact) mass is 1090 g/mol. The Kier molecular flexibility index (Phi) is 14.8. The number of hydrogen-bond donors (Lipinski definition) is 3. The lowest BCUT2D eigenvalue weighted by molar-refractivity contribution is -0.692. The molecule has 0 saturated heterocycles. The third-order valence-electron chi connectivity index (χ3n) is 12.1. The number of alkyl halides is 3. The number of hydrogen-bond acceptors (Lipinski definition) is 14. The van der Waals surface area contributed by atoms with Gasteiger partial charge in [0.15, 0.2) is 5.60 Å². The van der Waals surface area contributed by atoms with Crippen LogP contribution in [0.3, 0.4) is 0 Å². The van der Waals surface area contributed by atoms with Gasteiger partial charge >= 0.3 is 18.1 Å². The van der Waals surface area contributed by atoms with Gasteiger partial charge in [0.25, 0.3) is 0 Å². The van der Waals surface area contributed by atoms with Gasteiger partial charge in [0, 0.05) is 83.7 Å². The molecule has 22 heteroatoms. The fourth-order valence-corrected chi connectivity index (χ4v) is 9.52. The number of benzene rings is 7. The molecule has 0 aromatic heterocycles. The maximum absolute atomic E-state index is 13.1. The number of nitrogens with one attached hydrogen (secondary N) is 1. The average Bonchev–Trinajstić information content (AvgIpc) is 3.67. The van der Waals surface area contributed by atoms with Crippen LogP contribution < -0.4 is 25.6 Å². The van der Waals surface area contributed by atoms with Crippen molar-refractivity contribution in [2.75, 3.05) is 24.3 Å². The van der Waals surface area contributed by atoms with E-state index in [1.807, 2.05) is 0 Å². The lowest BCUT2D eigenvalue weighted by atomic mass is 9.77. The Balaban J connectivity index is 0.000000197. The number of aryl methyl sites for hydroxylation is 1. The van der Waals surface area contributed by atoms with Crippen LogP contribution in [0.4, 0.5) is 30.2 Å². The maximum atomic E-state index is 13.1. The van der Waals surface area contributed by atoms with Crippen molar-refractivity contribution < 1.29 is 61.9 Å². The molecule has 0 fully saturated rings. The van der Waals surface area contributed by atoms with E-state index in [-0.39, 0.29) is 39.0 Å². The van der Waals surface area contributed by atoms with Gasteiger partial charge in [0.05, 0.1) is 42.6 Å². The highest BCUT2D eigenvalue weighted by Crippen LogP contribution is 2.59. The molecule has 6 aromatic carbocycles. The Hall–Kier alpha value is -7.87. The van der Waals surface area contributed by atoms with Gasteiger partial charge in [-0.25, -0.2) is 9.59 Å². The van der Waals surface area contributed by atoms with Gasteiger partial charge in [0.1, 0.15) is 33.9 Å². The number of ether oxygens (including phenoxy) is 2. The van der Waals surface area contributed by atoms with E-state index in [0.29, 0.717) is 94.1 Å². The Morgan fingerprint density at radius 3 is 2.08 bits per heavy atom. The summed E-state index contributed by atoms with van der Waals surface area (Å²) in [6.45, 7) is 0. The topological polar surface area (TPSA) is 217 Å². The van der Waals surface area contributed by atoms with Gasteiger partial charge in [0.2, 0.25) is 11.2 Å². The number of anilines is 3. The van der Waals surface area contributed by atoms with E-state index in [2.05, 4.69) is 10.3 Å². The van der Waals surface area contributed by atoms with Crippen molar-refractivity contribution in [2.45, 2.75) is 24.6 Å². The van der Waals surface area contributed by atoms with Crippen LogP contribution in [0.25, 0.3) is 33.4 Å². The number of esters is 1. The fourth-order valence-electron chi connectivity index (χ4n) is 8.65. The largest absolute Gasteiger partial charge is 0.635 e. The first-order valence-corrected chi connectivity index (χ1v) is 23.1. The number of carboxylic acids is 1. The van der Waals surface area contributed by atoms with Gasteiger partial charge in [-0.05, 0) is 66.1 Å². The van der Waals surface area contributed by atoms with Gasteiger partial charge < -0.3 is 44.6 Å². The minimum Gasteiger partial charge on any atom is -0.635 e. The first-order valence-electron chi connectivity index (χ1n) is 21.5. The van der Waals surface area contributed by atoms with E-state index < -0.39 is 35.9 Å². The highest BCUT2D eigenvalue weighted by atomic mass is 35.5. The Morgan fingerprint density at radius 2 is 1.43 bits per heavy atom. The lowest BCUT2D eigenvalue weighted by Crippen LogP contribution is -2.33. The SMILES string of the molecule is CN(c1ccc(CCC(=O)C(F)(F)F)cc1)c1cc2c(cc1Cl)C1(OC(=O)c3ccccc31)c1cc(Cl)c(O)cc1O2.CNc1cc2oc3cc(=O)c(Cl)cc-3c(-c3ccccc3C(=O)O)c2cc1Cl.O=NO[O-]. The van der Waals surface area contributed by atoms with Crippen molar-refractivity contribution in [2.24, 2.45) is 5.34 Å². The summed E-state index contributed by atoms with van der Waals surface area (Å²) in [5, 5.41) is 34.2. The quantitative estimate of drug-likeness (QED) is 0.0403. The number of aromatic carboxylic acids is 1. The highest BCUT2D eigenvalue weighted by molar-refractivity contribution is 6.35. The van der Waals surface area contributed by atoms with Gasteiger partial charge in [-0.15, -0.1) is 4.91 Å². The number of phenolic OH excluding ortho intramolecular Hbond substituents is 1. The molecule has 3 N–H and O–H groups in total. The number of fused-ring (bicyclic) bond motifs is 8. The molecule has 3 heterocycles. The molecule has 3 aliphatic heterocycles. The molecular weight excluding hydrogens is 1060 g/mol. The number of carbonyl (C=O) groups excluding carboxylic acids is 2. The molecule has 74 heavy (non-hydrogen) atoms. The fraction of sp³-hybridized carbons (Fsp3) is 0.115. The summed E-state index contributed by atoms with van der Waals surface area (Å²) in [5.74, 6) is -2.72. The number of carboxylic acid groups (broad SMARTS) is 1. The molecule has 1 aliphatic carbocycles. The number of Topliss-reactive ketones (excluding diaryl/α,β-unsaturated/α-hetero) is 1. The molecule has 1 spiro atoms. The van der Waals surface area contributed by atoms with E-state index in [1.54, 1.807) is 110 Å². The van der Waals surface area contributed by atoms with E-state index >= 15 is 0 Å². The average molecular weight is 1090 g/mol. The summed E-state index contributed by atoms with van der Waals surface area (Å²) in [6, 6.07) is 32.7. The zero-order valence-corrected chi connectivity index (χ0v) is 41.0. The Labute approximate surface area is 435 Å². The normalized spacial score (nSPS) is 14.0. The second kappa shape index (κ2) is 20.9. The Morgan fingerprint density at radius 1 is 0.797 bits per heavy atom. The zero-order valence-electron chi connectivity index (χ0n) is 38.0. The van der Waals surface area contributed by atoms with Crippen LogP contribution in [0.1, 0.15) is 49.4 Å². The molecule has 1 atom stereocenters. The third kappa shape index (κ3) is 9.84. The van der Waals surface area contributed by atoms with Gasteiger partial charge in [-0.1, -0.05) is 94.9 Å². The molecule has 0 radical (unpaired) electrons. The van der Waals surface area contributed by atoms with E-state index in [9.17, 15) is 42.6 Å². The number of phenols is 1. The summed E-state index contributed by atoms with van der Waals surface area (Å²) in [4.78, 5) is 60.7. The molecule has 15 nitrogen and oxygen atoms in total. The van der Waals surface area contributed by atoms with Crippen LogP contribution in [0.2, 0.25) is 20.1 Å². The van der Waals surface area contributed by atoms with Crippen molar-refractivity contribution in [3.63, 3.8) is 0 Å². The molecule has 1 unspecified atom stereocenters. The number of halogens is 7. The summed E-state index contributed by atoms with van der Waals surface area (Å²) in [5.41, 5.74) is 4.56. The van der Waals surface area contributed by atoms with Crippen LogP contribution in [0.15, 0.2) is 136 Å². The standard InChI is InChI=1S/C31H20Cl2F3NO5.C21H13Cl2NO4.HNO3/c1-37(17-9-6-16(7-10-17)8-11-28(39)31(34,35)36)24-14-26-20(12-22(24)32)30(19-5-3-2-4-18(19)29(40)42-30)21-13-23(33)25(38)15-27(21)41-26;1-24-16-8-18-12(6-14(16)22)20(10-4-2-3-5-11(10)21(26)27)13-7-15(23)17(25)9-19(13)28-18;2-1-4-3/h2-7,9-10,12-15,38H,8,11H2,1H3;2-9,24H,1H3,(H,26,27);3H/p-1. The first kappa shape index (κ1) is 52.5.